The van der Waals surface area contributed by atoms with Gasteiger partial charge in [0.05, 0.1) is 39.0 Å². The number of amides is 1. The van der Waals surface area contributed by atoms with Crippen LogP contribution >= 0.6 is 0 Å². The SMILES string of the molecule is CCOc1cc(C2/C(=C(\O)c3cc(C(C)C)c(OC)cc3C)C(=O)C(=O)N2CCOC)ccc1OC. The quantitative estimate of drug-likeness (QED) is 0.291. The number of hydrogen-bond donors (Lipinski definition) is 1. The van der Waals surface area contributed by atoms with Crippen LogP contribution in [0.25, 0.3) is 5.76 Å². The Morgan fingerprint density at radius 3 is 2.31 bits per heavy atom. The second-order valence-electron chi connectivity index (χ2n) is 8.89. The lowest BCUT2D eigenvalue weighted by atomic mass is 9.91. The van der Waals surface area contributed by atoms with E-state index in [1.807, 2.05) is 39.8 Å². The molecular weight excluding hydrogens is 462 g/mol. The minimum Gasteiger partial charge on any atom is -0.507 e. The molecule has 1 aliphatic rings. The number of benzene rings is 2. The second kappa shape index (κ2) is 11.5. The molecule has 0 spiro atoms. The van der Waals surface area contributed by atoms with Crippen molar-refractivity contribution in [3.05, 3.63) is 58.2 Å². The zero-order chi connectivity index (χ0) is 26.6. The number of nitrogens with zero attached hydrogens (tertiary/aromatic N) is 1. The first-order valence-corrected chi connectivity index (χ1v) is 12.0. The van der Waals surface area contributed by atoms with Gasteiger partial charge in [-0.2, -0.15) is 0 Å². The van der Waals surface area contributed by atoms with Crippen LogP contribution in [-0.2, 0) is 14.3 Å². The molecule has 1 atom stereocenters. The monoisotopic (exact) mass is 497 g/mol. The smallest absolute Gasteiger partial charge is 0.295 e. The molecule has 1 fully saturated rings. The normalized spacial score (nSPS) is 17.1. The van der Waals surface area contributed by atoms with E-state index in [1.54, 1.807) is 32.4 Å². The average molecular weight is 498 g/mol. The summed E-state index contributed by atoms with van der Waals surface area (Å²) >= 11 is 0. The molecule has 2 aromatic rings. The summed E-state index contributed by atoms with van der Waals surface area (Å²) in [5.41, 5.74) is 2.73. The van der Waals surface area contributed by atoms with Gasteiger partial charge in [-0.1, -0.05) is 19.9 Å². The predicted octanol–water partition coefficient (Wildman–Crippen LogP) is 4.60. The number of likely N-dealkylation sites (tertiary alicyclic amines) is 1. The fraction of sp³-hybridized carbons (Fsp3) is 0.429. The molecule has 1 heterocycles. The topological polar surface area (TPSA) is 94.5 Å². The standard InChI is InChI=1S/C28H35NO7/c1-8-36-23-14-18(9-10-21(23)34-6)25-24(27(31)28(32)29(25)11-12-33-5)26(30)20-15-19(16(2)3)22(35-7)13-17(20)4/h9-10,13-16,25,30H,8,11-12H2,1-7H3/b26-24+. The maximum absolute atomic E-state index is 13.3. The molecule has 0 bridgehead atoms. The Bertz CT molecular complexity index is 1170. The van der Waals surface area contributed by atoms with E-state index in [1.165, 1.54) is 12.0 Å². The summed E-state index contributed by atoms with van der Waals surface area (Å²) in [5, 5.41) is 11.6. The van der Waals surface area contributed by atoms with Crippen molar-refractivity contribution in [2.24, 2.45) is 0 Å². The molecule has 1 aliphatic heterocycles. The van der Waals surface area contributed by atoms with Crippen LogP contribution in [0.1, 0.15) is 55.0 Å². The Morgan fingerprint density at radius 1 is 1.03 bits per heavy atom. The molecule has 1 saturated heterocycles. The Hall–Kier alpha value is -3.52. The van der Waals surface area contributed by atoms with E-state index < -0.39 is 17.7 Å². The largest absolute Gasteiger partial charge is 0.507 e. The lowest BCUT2D eigenvalue weighted by Crippen LogP contribution is -2.32. The fourth-order valence-electron chi connectivity index (χ4n) is 4.50. The summed E-state index contributed by atoms with van der Waals surface area (Å²) in [7, 11) is 4.67. The predicted molar refractivity (Wildman–Crippen MR) is 137 cm³/mol. The molecule has 1 unspecified atom stereocenters. The van der Waals surface area contributed by atoms with Gasteiger partial charge in [0.1, 0.15) is 11.5 Å². The van der Waals surface area contributed by atoms with Crippen LogP contribution in [0, 0.1) is 6.92 Å². The minimum absolute atomic E-state index is 0.0201. The molecule has 3 rings (SSSR count). The van der Waals surface area contributed by atoms with E-state index in [9.17, 15) is 14.7 Å². The maximum Gasteiger partial charge on any atom is 0.295 e. The Kier molecular flexibility index (Phi) is 8.63. The third-order valence-electron chi connectivity index (χ3n) is 6.33. The minimum atomic E-state index is -0.825. The number of aliphatic hydroxyl groups excluding tert-OH is 1. The van der Waals surface area contributed by atoms with E-state index in [4.69, 9.17) is 18.9 Å². The van der Waals surface area contributed by atoms with Gasteiger partial charge in [0.2, 0.25) is 0 Å². The zero-order valence-electron chi connectivity index (χ0n) is 22.0. The molecule has 0 aliphatic carbocycles. The molecule has 1 amide bonds. The van der Waals surface area contributed by atoms with E-state index in [-0.39, 0.29) is 30.4 Å². The molecule has 36 heavy (non-hydrogen) atoms. The highest BCUT2D eigenvalue weighted by molar-refractivity contribution is 6.46. The number of methoxy groups -OCH3 is 3. The second-order valence-corrected chi connectivity index (χ2v) is 8.89. The van der Waals surface area contributed by atoms with E-state index >= 15 is 0 Å². The number of carbonyl (C=O) groups excluding carboxylic acids is 2. The Labute approximate surface area is 212 Å². The fourth-order valence-corrected chi connectivity index (χ4v) is 4.50. The number of ketones is 1. The summed E-state index contributed by atoms with van der Waals surface area (Å²) in [6, 6.07) is 8.08. The number of aryl methyl sites for hydroxylation is 1. The van der Waals surface area contributed by atoms with Gasteiger partial charge in [0.15, 0.2) is 11.5 Å². The van der Waals surface area contributed by atoms with Crippen LogP contribution < -0.4 is 14.2 Å². The summed E-state index contributed by atoms with van der Waals surface area (Å²) in [4.78, 5) is 27.9. The van der Waals surface area contributed by atoms with Crippen molar-refractivity contribution in [2.75, 3.05) is 41.1 Å². The van der Waals surface area contributed by atoms with Gasteiger partial charge < -0.3 is 29.0 Å². The molecule has 194 valence electrons. The van der Waals surface area contributed by atoms with Gasteiger partial charge in [-0.25, -0.2) is 0 Å². The lowest BCUT2D eigenvalue weighted by molar-refractivity contribution is -0.140. The van der Waals surface area contributed by atoms with Crippen molar-refractivity contribution < 1.29 is 33.6 Å². The Morgan fingerprint density at radius 2 is 1.72 bits per heavy atom. The number of ether oxygens (including phenoxy) is 4. The first-order chi connectivity index (χ1) is 17.2. The Balaban J connectivity index is 2.27. The van der Waals surface area contributed by atoms with Crippen LogP contribution in [0.5, 0.6) is 17.2 Å². The molecule has 8 heteroatoms. The van der Waals surface area contributed by atoms with Crippen molar-refractivity contribution in [2.45, 2.75) is 39.7 Å². The van der Waals surface area contributed by atoms with Gasteiger partial charge in [0.25, 0.3) is 11.7 Å². The van der Waals surface area contributed by atoms with Crippen LogP contribution in [0.4, 0.5) is 0 Å². The summed E-state index contributed by atoms with van der Waals surface area (Å²) < 4.78 is 21.9. The van der Waals surface area contributed by atoms with Gasteiger partial charge in [0, 0.05) is 19.2 Å². The number of hydrogen-bond acceptors (Lipinski definition) is 7. The third-order valence-corrected chi connectivity index (χ3v) is 6.33. The van der Waals surface area contributed by atoms with Gasteiger partial charge >= 0.3 is 0 Å². The highest BCUT2D eigenvalue weighted by Gasteiger charge is 2.46. The van der Waals surface area contributed by atoms with E-state index in [2.05, 4.69) is 0 Å². The van der Waals surface area contributed by atoms with Crippen LogP contribution in [0.2, 0.25) is 0 Å². The van der Waals surface area contributed by atoms with Crippen molar-refractivity contribution in [3.8, 4) is 17.2 Å². The first-order valence-electron chi connectivity index (χ1n) is 12.0. The molecular formula is C28H35NO7. The van der Waals surface area contributed by atoms with Crippen LogP contribution in [0.3, 0.4) is 0 Å². The van der Waals surface area contributed by atoms with Gasteiger partial charge in [-0.15, -0.1) is 0 Å². The molecule has 0 radical (unpaired) electrons. The number of Topliss-reactive ketones (excluding diaryl/α,β-unsaturated/α-hetero) is 1. The highest BCUT2D eigenvalue weighted by atomic mass is 16.5. The van der Waals surface area contributed by atoms with E-state index in [0.717, 1.165) is 11.1 Å². The first kappa shape index (κ1) is 27.1. The van der Waals surface area contributed by atoms with Crippen molar-refractivity contribution in [1.82, 2.24) is 4.90 Å². The summed E-state index contributed by atoms with van der Waals surface area (Å²) in [5.74, 6) is 0.162. The molecule has 8 nitrogen and oxygen atoms in total. The number of rotatable bonds is 10. The molecule has 1 N–H and O–H groups in total. The number of aliphatic hydroxyl groups is 1. The summed E-state index contributed by atoms with van der Waals surface area (Å²) in [6.07, 6.45) is 0. The third kappa shape index (κ3) is 5.04. The molecule has 0 aromatic heterocycles. The zero-order valence-corrected chi connectivity index (χ0v) is 22.0. The molecule has 0 saturated carbocycles. The lowest BCUT2D eigenvalue weighted by Gasteiger charge is -2.26. The average Bonchev–Trinajstić information content (AvgIpc) is 3.11. The van der Waals surface area contributed by atoms with Crippen molar-refractivity contribution in [1.29, 1.82) is 0 Å². The molecule has 2 aromatic carbocycles. The van der Waals surface area contributed by atoms with Gasteiger partial charge in [-0.3, -0.25) is 9.59 Å². The highest BCUT2D eigenvalue weighted by Crippen LogP contribution is 2.43. The van der Waals surface area contributed by atoms with Crippen LogP contribution in [-0.4, -0.2) is 62.8 Å². The summed E-state index contributed by atoms with van der Waals surface area (Å²) in [6.45, 7) is 8.55. The van der Waals surface area contributed by atoms with Crippen molar-refractivity contribution >= 4 is 17.4 Å². The van der Waals surface area contributed by atoms with Crippen LogP contribution in [0.15, 0.2) is 35.9 Å². The van der Waals surface area contributed by atoms with E-state index in [0.29, 0.717) is 35.0 Å². The van der Waals surface area contributed by atoms with Gasteiger partial charge in [-0.05, 0) is 60.7 Å². The van der Waals surface area contributed by atoms with Crippen molar-refractivity contribution in [3.63, 3.8) is 0 Å². The maximum atomic E-state index is 13.3. The number of carbonyl (C=O) groups is 2.